The molecular weight excluding hydrogens is 192 g/mol. The van der Waals surface area contributed by atoms with E-state index >= 15 is 0 Å². The zero-order valence-corrected chi connectivity index (χ0v) is 9.16. The van der Waals surface area contributed by atoms with Crippen LogP contribution >= 0.6 is 0 Å². The average molecular weight is 210 g/mol. The normalized spacial score (nSPS) is 25.4. The van der Waals surface area contributed by atoms with Gasteiger partial charge in [0.1, 0.15) is 6.04 Å². The van der Waals surface area contributed by atoms with Crippen LogP contribution in [0.5, 0.6) is 0 Å². The summed E-state index contributed by atoms with van der Waals surface area (Å²) in [7, 11) is 0. The molecule has 1 heterocycles. The predicted molar refractivity (Wildman–Crippen MR) is 56.1 cm³/mol. The van der Waals surface area contributed by atoms with Crippen molar-refractivity contribution in [2.24, 2.45) is 5.92 Å². The lowest BCUT2D eigenvalue weighted by Crippen LogP contribution is -2.46. The first-order valence-corrected chi connectivity index (χ1v) is 5.82. The largest absolute Gasteiger partial charge is 0.355 e. The summed E-state index contributed by atoms with van der Waals surface area (Å²) in [6.45, 7) is 3.30. The summed E-state index contributed by atoms with van der Waals surface area (Å²) in [4.78, 5) is 25.4. The van der Waals surface area contributed by atoms with Crippen LogP contribution in [0.4, 0.5) is 0 Å². The van der Waals surface area contributed by atoms with Gasteiger partial charge in [-0.05, 0) is 32.6 Å². The molecule has 84 valence electrons. The molecule has 1 saturated heterocycles. The molecule has 0 aromatic carbocycles. The number of hydrogen-bond donors (Lipinski definition) is 1. The number of rotatable bonds is 3. The van der Waals surface area contributed by atoms with Crippen LogP contribution in [0.25, 0.3) is 0 Å². The van der Waals surface area contributed by atoms with Crippen LogP contribution in [0.1, 0.15) is 32.6 Å². The lowest BCUT2D eigenvalue weighted by atomic mass is 10.2. The number of nitrogens with zero attached hydrogens (tertiary/aromatic N) is 1. The number of hydrogen-bond acceptors (Lipinski definition) is 2. The van der Waals surface area contributed by atoms with Gasteiger partial charge in [-0.1, -0.05) is 0 Å². The van der Waals surface area contributed by atoms with E-state index in [0.717, 1.165) is 32.2 Å². The summed E-state index contributed by atoms with van der Waals surface area (Å²) in [6, 6.07) is -0.196. The molecule has 1 aliphatic heterocycles. The molecule has 2 rings (SSSR count). The summed E-state index contributed by atoms with van der Waals surface area (Å²) in [6.07, 6.45) is 3.81. The van der Waals surface area contributed by atoms with Crippen molar-refractivity contribution in [1.29, 1.82) is 0 Å². The van der Waals surface area contributed by atoms with Crippen molar-refractivity contribution in [3.8, 4) is 0 Å². The number of likely N-dealkylation sites (N-methyl/N-ethyl adjacent to an activating group) is 1. The van der Waals surface area contributed by atoms with Crippen LogP contribution in [0.15, 0.2) is 0 Å². The van der Waals surface area contributed by atoms with Gasteiger partial charge in [-0.15, -0.1) is 0 Å². The Morgan fingerprint density at radius 1 is 1.33 bits per heavy atom. The van der Waals surface area contributed by atoms with Crippen LogP contribution in [0, 0.1) is 5.92 Å². The van der Waals surface area contributed by atoms with Crippen LogP contribution in [0.3, 0.4) is 0 Å². The summed E-state index contributed by atoms with van der Waals surface area (Å²) in [5.74, 6) is 0.438. The molecule has 2 amide bonds. The molecule has 4 heteroatoms. The molecule has 0 spiro atoms. The molecule has 0 aromatic heterocycles. The lowest BCUT2D eigenvalue weighted by Gasteiger charge is -2.23. The molecule has 1 N–H and O–H groups in total. The standard InChI is InChI=1S/C11H18N2O2/c1-2-12-10(14)9-4-3-7-13(9)11(15)8-5-6-8/h8-9H,2-7H2,1H3,(H,12,14)/t9-/m0/s1. The molecule has 0 unspecified atom stereocenters. The van der Waals surface area contributed by atoms with Gasteiger partial charge in [-0.25, -0.2) is 0 Å². The zero-order valence-electron chi connectivity index (χ0n) is 9.16. The third-order valence-corrected chi connectivity index (χ3v) is 3.12. The van der Waals surface area contributed by atoms with E-state index in [1.165, 1.54) is 0 Å². The van der Waals surface area contributed by atoms with Gasteiger partial charge in [-0.3, -0.25) is 9.59 Å². The molecule has 0 bridgehead atoms. The van der Waals surface area contributed by atoms with Gasteiger partial charge in [0.05, 0.1) is 0 Å². The minimum atomic E-state index is -0.196. The highest BCUT2D eigenvalue weighted by atomic mass is 16.2. The van der Waals surface area contributed by atoms with Crippen molar-refractivity contribution in [2.45, 2.75) is 38.6 Å². The molecular formula is C11H18N2O2. The Kier molecular flexibility index (Phi) is 2.93. The quantitative estimate of drug-likeness (QED) is 0.738. The van der Waals surface area contributed by atoms with E-state index in [0.29, 0.717) is 6.54 Å². The van der Waals surface area contributed by atoms with Gasteiger partial charge in [0.15, 0.2) is 0 Å². The Labute approximate surface area is 90.0 Å². The highest BCUT2D eigenvalue weighted by Crippen LogP contribution is 2.33. The van der Waals surface area contributed by atoms with Crippen molar-refractivity contribution in [1.82, 2.24) is 10.2 Å². The maximum absolute atomic E-state index is 11.9. The maximum atomic E-state index is 11.9. The number of likely N-dealkylation sites (tertiary alicyclic amines) is 1. The van der Waals surface area contributed by atoms with E-state index in [4.69, 9.17) is 0 Å². The summed E-state index contributed by atoms with van der Waals surface area (Å²) < 4.78 is 0. The van der Waals surface area contributed by atoms with Gasteiger partial charge in [0.25, 0.3) is 0 Å². The Morgan fingerprint density at radius 2 is 2.07 bits per heavy atom. The topological polar surface area (TPSA) is 49.4 Å². The Morgan fingerprint density at radius 3 is 2.67 bits per heavy atom. The van der Waals surface area contributed by atoms with E-state index in [2.05, 4.69) is 5.32 Å². The molecule has 15 heavy (non-hydrogen) atoms. The molecule has 0 radical (unpaired) electrons. The fourth-order valence-corrected chi connectivity index (χ4v) is 2.16. The monoisotopic (exact) mass is 210 g/mol. The summed E-state index contributed by atoms with van der Waals surface area (Å²) in [5, 5.41) is 2.80. The minimum absolute atomic E-state index is 0.0176. The van der Waals surface area contributed by atoms with Gasteiger partial charge in [-0.2, -0.15) is 0 Å². The molecule has 4 nitrogen and oxygen atoms in total. The fourth-order valence-electron chi connectivity index (χ4n) is 2.16. The Balaban J connectivity index is 1.97. The van der Waals surface area contributed by atoms with Crippen molar-refractivity contribution in [3.05, 3.63) is 0 Å². The second-order valence-electron chi connectivity index (χ2n) is 4.36. The van der Waals surface area contributed by atoms with E-state index in [1.807, 2.05) is 6.92 Å². The third kappa shape index (κ3) is 2.13. The van der Waals surface area contributed by atoms with Crippen molar-refractivity contribution in [2.75, 3.05) is 13.1 Å². The van der Waals surface area contributed by atoms with Gasteiger partial charge >= 0.3 is 0 Å². The van der Waals surface area contributed by atoms with Gasteiger partial charge in [0, 0.05) is 19.0 Å². The molecule has 2 aliphatic rings. The highest BCUT2D eigenvalue weighted by molar-refractivity contribution is 5.89. The first-order chi connectivity index (χ1) is 7.24. The van der Waals surface area contributed by atoms with Crippen molar-refractivity contribution in [3.63, 3.8) is 0 Å². The third-order valence-electron chi connectivity index (χ3n) is 3.12. The summed E-state index contributed by atoms with van der Waals surface area (Å²) in [5.41, 5.74) is 0. The fraction of sp³-hybridized carbons (Fsp3) is 0.818. The molecule has 1 saturated carbocycles. The number of amides is 2. The first kappa shape index (κ1) is 10.5. The van der Waals surface area contributed by atoms with Crippen molar-refractivity contribution >= 4 is 11.8 Å². The highest BCUT2D eigenvalue weighted by Gasteiger charge is 2.40. The number of carbonyl (C=O) groups is 2. The minimum Gasteiger partial charge on any atom is -0.355 e. The molecule has 1 aliphatic carbocycles. The van der Waals surface area contributed by atoms with E-state index in [1.54, 1.807) is 4.90 Å². The van der Waals surface area contributed by atoms with E-state index in [-0.39, 0.29) is 23.8 Å². The number of carbonyl (C=O) groups excluding carboxylic acids is 2. The maximum Gasteiger partial charge on any atom is 0.242 e. The SMILES string of the molecule is CCNC(=O)[C@@H]1CCCN1C(=O)C1CC1. The van der Waals surface area contributed by atoms with Crippen LogP contribution in [-0.4, -0.2) is 35.8 Å². The Hall–Kier alpha value is -1.06. The van der Waals surface area contributed by atoms with Crippen LogP contribution in [-0.2, 0) is 9.59 Å². The van der Waals surface area contributed by atoms with E-state index < -0.39 is 0 Å². The Bertz CT molecular complexity index is 274. The van der Waals surface area contributed by atoms with Crippen LogP contribution in [0.2, 0.25) is 0 Å². The smallest absolute Gasteiger partial charge is 0.242 e. The zero-order chi connectivity index (χ0) is 10.8. The second-order valence-corrected chi connectivity index (χ2v) is 4.36. The second kappa shape index (κ2) is 4.21. The summed E-state index contributed by atoms with van der Waals surface area (Å²) >= 11 is 0. The predicted octanol–water partition coefficient (Wildman–Crippen LogP) is 0.523. The number of nitrogens with one attached hydrogen (secondary N) is 1. The average Bonchev–Trinajstić information content (AvgIpc) is 2.94. The molecule has 0 aromatic rings. The van der Waals surface area contributed by atoms with Gasteiger partial charge < -0.3 is 10.2 Å². The van der Waals surface area contributed by atoms with E-state index in [9.17, 15) is 9.59 Å². The van der Waals surface area contributed by atoms with Gasteiger partial charge in [0.2, 0.25) is 11.8 Å². The first-order valence-electron chi connectivity index (χ1n) is 5.82. The lowest BCUT2D eigenvalue weighted by molar-refractivity contribution is -0.139. The molecule has 1 atom stereocenters. The van der Waals surface area contributed by atoms with Crippen molar-refractivity contribution < 1.29 is 9.59 Å². The van der Waals surface area contributed by atoms with Crippen LogP contribution < -0.4 is 5.32 Å². The molecule has 2 fully saturated rings.